The largest absolute Gasteiger partial charge is 0.493 e. The van der Waals surface area contributed by atoms with Gasteiger partial charge in [0.25, 0.3) is 5.91 Å². The van der Waals surface area contributed by atoms with E-state index in [9.17, 15) is 9.59 Å². The van der Waals surface area contributed by atoms with Gasteiger partial charge < -0.3 is 19.5 Å². The van der Waals surface area contributed by atoms with Crippen LogP contribution in [0.3, 0.4) is 0 Å². The molecule has 2 aromatic carbocycles. The smallest absolute Gasteiger partial charge is 0.338 e. The summed E-state index contributed by atoms with van der Waals surface area (Å²) in [5.41, 5.74) is 3.09. The van der Waals surface area contributed by atoms with Crippen molar-refractivity contribution in [2.45, 2.75) is 26.9 Å². The average molecular weight is 458 g/mol. The number of benzene rings is 2. The molecule has 9 heteroatoms. The lowest BCUT2D eigenvalue weighted by molar-refractivity contribution is -0.123. The maximum atomic E-state index is 12.5. The van der Waals surface area contributed by atoms with E-state index in [1.165, 1.54) is 21.1 Å². The molecule has 0 aliphatic heterocycles. The number of hydrogen-bond acceptors (Lipinski definition) is 6. The van der Waals surface area contributed by atoms with E-state index in [2.05, 4.69) is 10.4 Å². The monoisotopic (exact) mass is 457 g/mol. The molecule has 1 atom stereocenters. The predicted octanol–water partition coefficient (Wildman–Crippen LogP) is 4.34. The quantitative estimate of drug-likeness (QED) is 0.530. The molecule has 1 heterocycles. The summed E-state index contributed by atoms with van der Waals surface area (Å²) >= 11 is 6.20. The lowest BCUT2D eigenvalue weighted by Gasteiger charge is -2.15. The average Bonchev–Trinajstić information content (AvgIpc) is 3.06. The molecule has 3 aromatic rings. The van der Waals surface area contributed by atoms with Crippen molar-refractivity contribution in [3.63, 3.8) is 0 Å². The number of aryl methyl sites for hydroxylation is 1. The third kappa shape index (κ3) is 4.86. The van der Waals surface area contributed by atoms with Crippen LogP contribution in [-0.4, -0.2) is 42.0 Å². The van der Waals surface area contributed by atoms with Crippen molar-refractivity contribution < 1.29 is 23.8 Å². The highest BCUT2D eigenvalue weighted by molar-refractivity contribution is 6.31. The van der Waals surface area contributed by atoms with Crippen LogP contribution in [0.4, 0.5) is 5.69 Å². The normalized spacial score (nSPS) is 11.6. The van der Waals surface area contributed by atoms with Crippen LogP contribution < -0.4 is 14.8 Å². The van der Waals surface area contributed by atoms with Crippen LogP contribution in [0.25, 0.3) is 5.69 Å². The maximum Gasteiger partial charge on any atom is 0.338 e. The van der Waals surface area contributed by atoms with Crippen LogP contribution >= 0.6 is 11.6 Å². The molecule has 0 radical (unpaired) electrons. The summed E-state index contributed by atoms with van der Waals surface area (Å²) in [5, 5.41) is 7.68. The molecule has 3 rings (SSSR count). The van der Waals surface area contributed by atoms with Crippen LogP contribution in [-0.2, 0) is 9.53 Å². The second kappa shape index (κ2) is 9.74. The number of halogens is 1. The first-order chi connectivity index (χ1) is 15.2. The Bertz CT molecular complexity index is 1140. The number of nitrogens with zero attached hydrogens (tertiary/aromatic N) is 2. The molecule has 0 bridgehead atoms. The summed E-state index contributed by atoms with van der Waals surface area (Å²) in [7, 11) is 3.03. The van der Waals surface area contributed by atoms with Crippen molar-refractivity contribution in [1.29, 1.82) is 0 Å². The van der Waals surface area contributed by atoms with Gasteiger partial charge in [0.05, 0.1) is 41.9 Å². The molecule has 0 saturated carbocycles. The summed E-state index contributed by atoms with van der Waals surface area (Å²) in [5.74, 6) is -0.0764. The third-order valence-corrected chi connectivity index (χ3v) is 5.40. The van der Waals surface area contributed by atoms with E-state index < -0.39 is 18.0 Å². The number of nitrogens with one attached hydrogen (secondary N) is 1. The van der Waals surface area contributed by atoms with Crippen LogP contribution in [0.2, 0.25) is 5.02 Å². The highest BCUT2D eigenvalue weighted by atomic mass is 35.5. The molecular weight excluding hydrogens is 434 g/mol. The van der Waals surface area contributed by atoms with Gasteiger partial charge in [-0.25, -0.2) is 9.48 Å². The second-order valence-corrected chi connectivity index (χ2v) is 7.43. The SMILES string of the molecule is COc1ccc(NC(=O)C(C)OC(=O)c2ccc(-n3nc(C)c(Cl)c3C)cc2)cc1OC. The molecule has 1 amide bonds. The highest BCUT2D eigenvalue weighted by Crippen LogP contribution is 2.30. The lowest BCUT2D eigenvalue weighted by atomic mass is 10.2. The molecule has 1 N–H and O–H groups in total. The zero-order valence-electron chi connectivity index (χ0n) is 18.4. The van der Waals surface area contributed by atoms with E-state index in [-0.39, 0.29) is 0 Å². The minimum Gasteiger partial charge on any atom is -0.493 e. The molecule has 168 valence electrons. The summed E-state index contributed by atoms with van der Waals surface area (Å²) in [6.07, 6.45) is -1.01. The van der Waals surface area contributed by atoms with Gasteiger partial charge in [-0.3, -0.25) is 4.79 Å². The lowest BCUT2D eigenvalue weighted by Crippen LogP contribution is -2.30. The van der Waals surface area contributed by atoms with E-state index in [4.69, 9.17) is 25.8 Å². The van der Waals surface area contributed by atoms with Crippen molar-refractivity contribution in [1.82, 2.24) is 9.78 Å². The maximum absolute atomic E-state index is 12.5. The van der Waals surface area contributed by atoms with Gasteiger partial charge in [0.1, 0.15) is 0 Å². The molecule has 1 aromatic heterocycles. The summed E-state index contributed by atoms with van der Waals surface area (Å²) in [4.78, 5) is 24.9. The Balaban J connectivity index is 1.65. The Morgan fingerprint density at radius 1 is 1.03 bits per heavy atom. The van der Waals surface area contributed by atoms with Crippen LogP contribution in [0.5, 0.6) is 11.5 Å². The molecule has 0 fully saturated rings. The van der Waals surface area contributed by atoms with Crippen molar-refractivity contribution in [2.75, 3.05) is 19.5 Å². The van der Waals surface area contributed by atoms with Gasteiger partial charge in [-0.15, -0.1) is 0 Å². The Hall–Kier alpha value is -3.52. The number of hydrogen-bond donors (Lipinski definition) is 1. The Morgan fingerprint density at radius 2 is 1.69 bits per heavy atom. The number of aromatic nitrogens is 2. The van der Waals surface area contributed by atoms with Gasteiger partial charge in [0, 0.05) is 11.8 Å². The minimum atomic E-state index is -1.01. The molecule has 8 nitrogen and oxygen atoms in total. The van der Waals surface area contributed by atoms with Crippen LogP contribution in [0.1, 0.15) is 28.7 Å². The van der Waals surface area contributed by atoms with Crippen molar-refractivity contribution in [3.8, 4) is 17.2 Å². The van der Waals surface area contributed by atoms with E-state index in [1.54, 1.807) is 47.1 Å². The summed E-state index contributed by atoms with van der Waals surface area (Å²) in [6.45, 7) is 5.19. The third-order valence-electron chi connectivity index (χ3n) is 4.85. The van der Waals surface area contributed by atoms with Gasteiger partial charge in [-0.1, -0.05) is 11.6 Å². The van der Waals surface area contributed by atoms with Gasteiger partial charge in [0.2, 0.25) is 0 Å². The van der Waals surface area contributed by atoms with Gasteiger partial charge in [-0.05, 0) is 57.2 Å². The zero-order chi connectivity index (χ0) is 23.4. The fraction of sp³-hybridized carbons (Fsp3) is 0.261. The molecule has 0 aliphatic carbocycles. The Labute approximate surface area is 191 Å². The first-order valence-electron chi connectivity index (χ1n) is 9.81. The first kappa shape index (κ1) is 23.1. The number of rotatable bonds is 7. The predicted molar refractivity (Wildman–Crippen MR) is 121 cm³/mol. The van der Waals surface area contributed by atoms with Crippen molar-refractivity contribution in [3.05, 3.63) is 64.4 Å². The van der Waals surface area contributed by atoms with Gasteiger partial charge >= 0.3 is 5.97 Å². The molecule has 0 aliphatic rings. The van der Waals surface area contributed by atoms with Crippen molar-refractivity contribution in [2.24, 2.45) is 0 Å². The van der Waals surface area contributed by atoms with E-state index in [1.807, 2.05) is 13.8 Å². The number of ether oxygens (including phenoxy) is 3. The molecule has 0 spiro atoms. The zero-order valence-corrected chi connectivity index (χ0v) is 19.2. The van der Waals surface area contributed by atoms with Gasteiger partial charge in [0.15, 0.2) is 17.6 Å². The standard InChI is InChI=1S/C23H24ClN3O5/c1-13-21(24)14(2)27(26-13)18-9-6-16(7-10-18)23(29)32-15(3)22(28)25-17-8-11-19(30-4)20(12-17)31-5/h6-12,15H,1-5H3,(H,25,28). The number of amides is 1. The fourth-order valence-electron chi connectivity index (χ4n) is 3.05. The molecule has 0 saturated heterocycles. The summed E-state index contributed by atoms with van der Waals surface area (Å²) < 4.78 is 17.4. The molecule has 1 unspecified atom stereocenters. The number of esters is 1. The number of carbonyl (C=O) groups is 2. The van der Waals surface area contributed by atoms with Crippen molar-refractivity contribution >= 4 is 29.2 Å². The van der Waals surface area contributed by atoms with E-state index >= 15 is 0 Å². The number of carbonyl (C=O) groups excluding carboxylic acids is 2. The highest BCUT2D eigenvalue weighted by Gasteiger charge is 2.20. The van der Waals surface area contributed by atoms with Crippen LogP contribution in [0.15, 0.2) is 42.5 Å². The van der Waals surface area contributed by atoms with E-state index in [0.717, 1.165) is 17.1 Å². The number of anilines is 1. The van der Waals surface area contributed by atoms with Crippen LogP contribution in [0, 0.1) is 13.8 Å². The molecule has 32 heavy (non-hydrogen) atoms. The summed E-state index contributed by atoms with van der Waals surface area (Å²) in [6, 6.07) is 11.7. The minimum absolute atomic E-state index is 0.312. The Morgan fingerprint density at radius 3 is 2.25 bits per heavy atom. The number of methoxy groups -OCH3 is 2. The van der Waals surface area contributed by atoms with E-state index in [0.29, 0.717) is 27.8 Å². The first-order valence-corrected chi connectivity index (χ1v) is 10.2. The second-order valence-electron chi connectivity index (χ2n) is 7.05. The van der Waals surface area contributed by atoms with Gasteiger partial charge in [-0.2, -0.15) is 5.10 Å². The fourth-order valence-corrected chi connectivity index (χ4v) is 3.17. The Kier molecular flexibility index (Phi) is 7.05. The molecular formula is C23H24ClN3O5. The topological polar surface area (TPSA) is 91.7 Å².